The molecule has 0 saturated carbocycles. The second-order valence-electron chi connectivity index (χ2n) is 6.70. The van der Waals surface area contributed by atoms with Gasteiger partial charge in [0, 0.05) is 6.07 Å². The first-order valence-electron chi connectivity index (χ1n) is 9.22. The van der Waals surface area contributed by atoms with Crippen LogP contribution in [0.3, 0.4) is 0 Å². The number of hydrogen-bond acceptors (Lipinski definition) is 7. The van der Waals surface area contributed by atoms with Crippen LogP contribution in [0.25, 0.3) is 0 Å². The molecular weight excluding hydrogens is 384 g/mol. The van der Waals surface area contributed by atoms with Gasteiger partial charge in [-0.05, 0) is 23.3 Å². The second-order valence-corrected chi connectivity index (χ2v) is 6.70. The molecule has 1 aliphatic heterocycles. The number of fused-ring (bicyclic) bond motifs is 1. The summed E-state index contributed by atoms with van der Waals surface area (Å²) < 4.78 is 16.9. The molecule has 0 saturated heterocycles. The molecule has 0 amide bonds. The van der Waals surface area contributed by atoms with Crippen molar-refractivity contribution < 1.29 is 19.0 Å². The topological polar surface area (TPSA) is 119 Å². The Bertz CT molecular complexity index is 1210. The van der Waals surface area contributed by atoms with Crippen LogP contribution in [0, 0.1) is 11.3 Å². The lowest BCUT2D eigenvalue weighted by molar-refractivity contribution is 0.231. The van der Waals surface area contributed by atoms with Crippen LogP contribution in [0.2, 0.25) is 0 Å². The van der Waals surface area contributed by atoms with Crippen LogP contribution < -0.4 is 20.6 Å². The number of aliphatic hydroxyl groups excluding tert-OH is 1. The summed E-state index contributed by atoms with van der Waals surface area (Å²) in [7, 11) is 0. The first-order valence-corrected chi connectivity index (χ1v) is 9.22. The van der Waals surface area contributed by atoms with E-state index in [0.29, 0.717) is 17.9 Å². The Morgan fingerprint density at radius 2 is 1.93 bits per heavy atom. The molecule has 2 aromatic carbocycles. The van der Waals surface area contributed by atoms with Crippen molar-refractivity contribution in [3.8, 4) is 17.6 Å². The number of rotatable bonds is 5. The van der Waals surface area contributed by atoms with E-state index in [1.807, 2.05) is 36.4 Å². The molecule has 3 aromatic rings. The Hall–Kier alpha value is -4.02. The lowest BCUT2D eigenvalue weighted by Gasteiger charge is -2.25. The largest absolute Gasteiger partial charge is 0.489 e. The molecule has 30 heavy (non-hydrogen) atoms. The normalized spacial score (nSPS) is 15.1. The molecule has 0 spiro atoms. The minimum absolute atomic E-state index is 0.0709. The zero-order valence-corrected chi connectivity index (χ0v) is 15.9. The standard InChI is InChI=1S/C23H18N2O5/c24-11-18-20(22-21(30-23(18)25)19(27)10-17(12-26)29-22)15-7-4-8-16(9-15)28-13-14-5-2-1-3-6-14/h1-10,20,26H,12-13,25H2. The van der Waals surface area contributed by atoms with Gasteiger partial charge in [0.1, 0.15) is 36.4 Å². The Morgan fingerprint density at radius 1 is 1.13 bits per heavy atom. The van der Waals surface area contributed by atoms with E-state index in [1.54, 1.807) is 24.3 Å². The van der Waals surface area contributed by atoms with Crippen LogP contribution >= 0.6 is 0 Å². The van der Waals surface area contributed by atoms with Crippen molar-refractivity contribution in [2.75, 3.05) is 0 Å². The van der Waals surface area contributed by atoms with Crippen molar-refractivity contribution in [2.45, 2.75) is 19.1 Å². The molecule has 150 valence electrons. The molecule has 1 aliphatic rings. The molecule has 2 heterocycles. The zero-order chi connectivity index (χ0) is 21.1. The van der Waals surface area contributed by atoms with Crippen molar-refractivity contribution in [3.63, 3.8) is 0 Å². The number of ether oxygens (including phenoxy) is 2. The van der Waals surface area contributed by atoms with E-state index >= 15 is 0 Å². The van der Waals surface area contributed by atoms with E-state index in [1.165, 1.54) is 0 Å². The van der Waals surface area contributed by atoms with Crippen LogP contribution in [-0.2, 0) is 13.2 Å². The number of nitrogens with two attached hydrogens (primary N) is 1. The highest BCUT2D eigenvalue weighted by Gasteiger charge is 2.35. The first kappa shape index (κ1) is 19.3. The van der Waals surface area contributed by atoms with E-state index < -0.39 is 18.0 Å². The summed E-state index contributed by atoms with van der Waals surface area (Å²) >= 11 is 0. The predicted molar refractivity (Wildman–Crippen MR) is 107 cm³/mol. The fourth-order valence-electron chi connectivity index (χ4n) is 3.32. The van der Waals surface area contributed by atoms with Gasteiger partial charge in [0.25, 0.3) is 0 Å². The van der Waals surface area contributed by atoms with Gasteiger partial charge in [0.2, 0.25) is 17.1 Å². The summed E-state index contributed by atoms with van der Waals surface area (Å²) in [5, 5.41) is 19.1. The lowest BCUT2D eigenvalue weighted by atomic mass is 9.87. The number of aliphatic hydroxyl groups is 1. The van der Waals surface area contributed by atoms with Crippen molar-refractivity contribution in [3.05, 3.63) is 105 Å². The zero-order valence-electron chi connectivity index (χ0n) is 15.9. The third-order valence-electron chi connectivity index (χ3n) is 4.73. The number of nitrogens with zero attached hydrogens (tertiary/aromatic N) is 1. The number of nitriles is 1. The predicted octanol–water partition coefficient (Wildman–Crippen LogP) is 2.93. The van der Waals surface area contributed by atoms with E-state index in [2.05, 4.69) is 0 Å². The fraction of sp³-hybridized carbons (Fsp3) is 0.130. The van der Waals surface area contributed by atoms with Gasteiger partial charge >= 0.3 is 0 Å². The van der Waals surface area contributed by atoms with Crippen molar-refractivity contribution in [1.82, 2.24) is 0 Å². The summed E-state index contributed by atoms with van der Waals surface area (Å²) in [4.78, 5) is 12.4. The van der Waals surface area contributed by atoms with Crippen LogP contribution in [-0.4, -0.2) is 5.11 Å². The quantitative estimate of drug-likeness (QED) is 0.673. The highest BCUT2D eigenvalue weighted by atomic mass is 16.5. The number of benzene rings is 2. The number of hydrogen-bond donors (Lipinski definition) is 2. The summed E-state index contributed by atoms with van der Waals surface area (Å²) in [6, 6.07) is 20.0. The Morgan fingerprint density at radius 3 is 2.67 bits per heavy atom. The minimum atomic E-state index is -0.766. The molecule has 7 nitrogen and oxygen atoms in total. The third-order valence-corrected chi connectivity index (χ3v) is 4.73. The molecule has 0 bridgehead atoms. The summed E-state index contributed by atoms with van der Waals surface area (Å²) in [5.41, 5.74) is 7.20. The molecule has 1 aromatic heterocycles. The molecule has 1 unspecified atom stereocenters. The fourth-order valence-corrected chi connectivity index (χ4v) is 3.32. The molecule has 3 N–H and O–H groups in total. The van der Waals surface area contributed by atoms with E-state index in [9.17, 15) is 15.2 Å². The molecule has 1 atom stereocenters. The van der Waals surface area contributed by atoms with Crippen molar-refractivity contribution in [2.24, 2.45) is 5.73 Å². The second kappa shape index (κ2) is 8.15. The Labute approximate surface area is 172 Å². The van der Waals surface area contributed by atoms with Crippen LogP contribution in [0.4, 0.5) is 0 Å². The maximum Gasteiger partial charge on any atom is 0.228 e. The average molecular weight is 402 g/mol. The number of allylic oxidation sites excluding steroid dienone is 1. The van der Waals surface area contributed by atoms with Gasteiger partial charge in [-0.1, -0.05) is 42.5 Å². The van der Waals surface area contributed by atoms with E-state index in [0.717, 1.165) is 11.6 Å². The monoisotopic (exact) mass is 402 g/mol. The van der Waals surface area contributed by atoms with Gasteiger partial charge in [-0.15, -0.1) is 0 Å². The third kappa shape index (κ3) is 3.64. The Kier molecular flexibility index (Phi) is 5.24. The molecular formula is C23H18N2O5. The maximum atomic E-state index is 12.4. The maximum absolute atomic E-state index is 12.4. The van der Waals surface area contributed by atoms with E-state index in [4.69, 9.17) is 19.6 Å². The van der Waals surface area contributed by atoms with Gasteiger partial charge < -0.3 is 24.7 Å². The van der Waals surface area contributed by atoms with Gasteiger partial charge in [-0.3, -0.25) is 4.79 Å². The van der Waals surface area contributed by atoms with Gasteiger partial charge in [0.05, 0.1) is 5.92 Å². The van der Waals surface area contributed by atoms with Gasteiger partial charge in [0.15, 0.2) is 5.76 Å². The lowest BCUT2D eigenvalue weighted by Crippen LogP contribution is -2.25. The smallest absolute Gasteiger partial charge is 0.228 e. The van der Waals surface area contributed by atoms with Crippen LogP contribution in [0.15, 0.2) is 81.3 Å². The first-order chi connectivity index (χ1) is 14.6. The van der Waals surface area contributed by atoms with Crippen molar-refractivity contribution >= 4 is 0 Å². The summed E-state index contributed by atoms with van der Waals surface area (Å²) in [6.07, 6.45) is 0. The summed E-state index contributed by atoms with van der Waals surface area (Å²) in [6.45, 7) is -0.0853. The van der Waals surface area contributed by atoms with Crippen LogP contribution in [0.1, 0.15) is 28.6 Å². The van der Waals surface area contributed by atoms with Gasteiger partial charge in [-0.25, -0.2) is 0 Å². The molecule has 7 heteroatoms. The minimum Gasteiger partial charge on any atom is -0.489 e. The Balaban J connectivity index is 1.75. The molecule has 0 aliphatic carbocycles. The van der Waals surface area contributed by atoms with Crippen LogP contribution in [0.5, 0.6) is 11.5 Å². The van der Waals surface area contributed by atoms with Gasteiger partial charge in [-0.2, -0.15) is 5.26 Å². The highest BCUT2D eigenvalue weighted by Crippen LogP contribution is 2.41. The molecule has 0 radical (unpaired) electrons. The SMILES string of the molecule is N#CC1=C(N)Oc2c(oc(CO)cc2=O)C1c1cccc(OCc2ccccc2)c1. The average Bonchev–Trinajstić information content (AvgIpc) is 2.78. The molecule has 0 fully saturated rings. The highest BCUT2D eigenvalue weighted by molar-refractivity contribution is 5.53. The van der Waals surface area contributed by atoms with E-state index in [-0.39, 0.29) is 28.7 Å². The van der Waals surface area contributed by atoms with Crippen molar-refractivity contribution in [1.29, 1.82) is 5.26 Å². The molecule has 4 rings (SSSR count). The summed E-state index contributed by atoms with van der Waals surface area (Å²) in [5.74, 6) is -0.239.